The van der Waals surface area contributed by atoms with E-state index in [1.165, 1.54) is 43.6 Å². The molecule has 0 saturated carbocycles. The number of amides is 16. The van der Waals surface area contributed by atoms with Gasteiger partial charge in [0.15, 0.2) is 0 Å². The minimum atomic E-state index is -3.53. The van der Waals surface area contributed by atoms with E-state index >= 15 is 0 Å². The molecule has 9 aliphatic heterocycles. The molecule has 35 nitrogen and oxygen atoms in total. The average Bonchev–Trinajstić information content (AvgIpc) is 1.63. The number of carbonyl (C=O) groups is 16. The second-order valence-corrected chi connectivity index (χ2v) is 27.4. The number of nitrogens with zero attached hydrogens (tertiary/aromatic N) is 4. The molecule has 0 aromatic heterocycles. The Kier molecular flexibility index (Phi) is 34.0. The molecule has 0 radical (unpaired) electrons. The number of rotatable bonds is 23. The lowest BCUT2D eigenvalue weighted by molar-refractivity contribution is -0.137. The third kappa shape index (κ3) is 23.2. The van der Waals surface area contributed by atoms with Gasteiger partial charge in [-0.15, -0.1) is 0 Å². The highest BCUT2D eigenvalue weighted by molar-refractivity contribution is 9.10. The quantitative estimate of drug-likeness (QED) is 0.0242. The number of imide groups is 8. The SMILES string of the molecule is C1CCOC1.C=COCCO.CS(=O)(=O)OCCOCCc1cccc2c1C(=O)N(C1CCC(=O)NC1=O)C2=O.O=C1CCC(N2C(=O)c3cccc(/C=C\OCCO)c3C2=O)C(=O)N1.O=C1CCC(N2C(=O)c3cccc(Br)c3C2=O)C(=O)N1.O=C1CCC(N2C(=O)c3cccc(CCOCCO)c3C2=O)C(=O)N1.[2H]CC.[3H]F. The predicted molar refractivity (Wildman–Crippen MR) is 396 cm³/mol. The first-order chi connectivity index (χ1) is 55.1. The van der Waals surface area contributed by atoms with Gasteiger partial charge in [0.25, 0.3) is 58.8 Å². The number of nitrogens with one attached hydrogen (secondary N) is 4. The Balaban J connectivity index is 0.000000225. The molecule has 7 N–H and O–H groups in total. The summed E-state index contributed by atoms with van der Waals surface area (Å²) in [6.45, 7) is 8.47. The van der Waals surface area contributed by atoms with Crippen molar-refractivity contribution < 1.29 is 134 Å². The van der Waals surface area contributed by atoms with Crippen molar-refractivity contribution in [3.05, 3.63) is 158 Å². The van der Waals surface area contributed by atoms with E-state index in [-0.39, 0.29) is 155 Å². The number of aliphatic hydroxyl groups is 3. The second-order valence-electron chi connectivity index (χ2n) is 24.9. The van der Waals surface area contributed by atoms with Gasteiger partial charge in [-0.3, -0.25) is 126 Å². The van der Waals surface area contributed by atoms with Crippen LogP contribution in [0.2, 0.25) is 0 Å². The van der Waals surface area contributed by atoms with Crippen LogP contribution in [0.4, 0.5) is 4.72 Å². The van der Waals surface area contributed by atoms with Crippen molar-refractivity contribution in [2.24, 2.45) is 0 Å². The third-order valence-corrected chi connectivity index (χ3v) is 18.8. The molecule has 0 bridgehead atoms. The number of halogens is 2. The molecule has 0 aliphatic carbocycles. The molecule has 4 aromatic rings. The number of fused-ring (bicyclic) bond motifs is 4. The minimum Gasteiger partial charge on any atom is -0.499 e. The van der Waals surface area contributed by atoms with Gasteiger partial charge >= 0.3 is 0 Å². The summed E-state index contributed by atoms with van der Waals surface area (Å²) in [5.41, 5.74) is 3.62. The fraction of sp³-hybridized carbons (Fsp3) is 0.413. The van der Waals surface area contributed by atoms with E-state index in [0.717, 1.165) is 39.1 Å². The topological polar surface area (TPSA) is 484 Å². The first-order valence-corrected chi connectivity index (χ1v) is 37.9. The normalized spacial score (nSPS) is 19.5. The largest absolute Gasteiger partial charge is 0.499 e. The second kappa shape index (κ2) is 43.8. The molecular formula is C75H86BrFN8O27S. The number of piperidine rings is 4. The Morgan fingerprint density at radius 2 is 0.850 bits per heavy atom. The summed E-state index contributed by atoms with van der Waals surface area (Å²) in [4.78, 5) is 198. The summed E-state index contributed by atoms with van der Waals surface area (Å²) in [6, 6.07) is 15.6. The van der Waals surface area contributed by atoms with Gasteiger partial charge in [-0.2, -0.15) is 8.42 Å². The van der Waals surface area contributed by atoms with Gasteiger partial charge in [0.2, 0.25) is 47.3 Å². The molecule has 9 aliphatic rings. The minimum absolute atomic E-state index is 0.0529. The van der Waals surface area contributed by atoms with Gasteiger partial charge in [0, 0.05) is 44.7 Å². The van der Waals surface area contributed by atoms with Gasteiger partial charge in [0.1, 0.15) is 37.4 Å². The van der Waals surface area contributed by atoms with Crippen LogP contribution >= 0.6 is 15.9 Å². The summed E-state index contributed by atoms with van der Waals surface area (Å²) >= 11 is 3.24. The highest BCUT2D eigenvalue weighted by Gasteiger charge is 2.50. The van der Waals surface area contributed by atoms with E-state index in [2.05, 4.69) is 54.1 Å². The Hall–Kier alpha value is -10.8. The Labute approximate surface area is 658 Å². The zero-order valence-electron chi connectivity index (χ0n) is 63.4. The molecule has 113 heavy (non-hydrogen) atoms. The maximum Gasteiger partial charge on any atom is 0.269 e. The summed E-state index contributed by atoms with van der Waals surface area (Å²) < 4.78 is 71.1. The number of hydrogen-bond donors (Lipinski definition) is 7. The van der Waals surface area contributed by atoms with E-state index in [9.17, 15) is 85.1 Å². The maximum atomic E-state index is 12.9. The lowest BCUT2D eigenvalue weighted by Crippen LogP contribution is -2.54. The number of hydrogen-bond acceptors (Lipinski definition) is 27. The van der Waals surface area contributed by atoms with Gasteiger partial charge < -0.3 is 39.0 Å². The molecule has 4 atom stereocenters. The van der Waals surface area contributed by atoms with Gasteiger partial charge in [-0.05, 0) is 120 Å². The molecule has 16 amide bonds. The van der Waals surface area contributed by atoms with E-state index in [4.69, 9.17) is 40.4 Å². The van der Waals surface area contributed by atoms with E-state index in [1.54, 1.807) is 67.6 Å². The Bertz CT molecular complexity index is 4480. The van der Waals surface area contributed by atoms with Crippen molar-refractivity contribution in [3.63, 3.8) is 0 Å². The first-order valence-electron chi connectivity index (χ1n) is 36.4. The Morgan fingerprint density at radius 3 is 1.19 bits per heavy atom. The first kappa shape index (κ1) is 87.7. The average molecular weight is 1670 g/mol. The van der Waals surface area contributed by atoms with E-state index < -0.39 is 123 Å². The third-order valence-electron chi connectivity index (χ3n) is 17.5. The molecule has 9 heterocycles. The van der Waals surface area contributed by atoms with Gasteiger partial charge in [-0.25, -0.2) is 0 Å². The highest BCUT2D eigenvalue weighted by atomic mass is 79.9. The molecule has 4 unspecified atom stereocenters. The maximum absolute atomic E-state index is 12.9. The Morgan fingerprint density at radius 1 is 0.504 bits per heavy atom. The smallest absolute Gasteiger partial charge is 0.269 e. The van der Waals surface area contributed by atoms with E-state index in [0.29, 0.717) is 54.1 Å². The fourth-order valence-electron chi connectivity index (χ4n) is 12.5. The van der Waals surface area contributed by atoms with Crippen molar-refractivity contribution >= 4 is 127 Å². The van der Waals surface area contributed by atoms with Crippen LogP contribution in [0.25, 0.3) is 6.08 Å². The standard InChI is InChI=1S/C18H20N2O8S.C17H18N2O6.C17H16N2O6.C13H9BrN2O4.C4H8O2.C4H8O.C2H6.FH/c1-29(25,26)28-10-9-27-8-7-11-3-2-4-12-15(11)18(24)20(17(12)23)13-5-6-14(21)19-16(13)22;2*20-7-9-25-8-6-10-2-1-3-11-14(10)17(24)19(16(11)23)12-4-5-13(21)18-15(12)22;14-7-3-1-2-6-10(7)13(20)16(12(6)19)8-4-5-9(17)15-11(8)18;1-2-6-4-3-5;1-2-4-5-3-1;1-2;/h2-4,13H,5-10H2,1H3,(H,19,21,22);1-3,12,20H,4-9H2,(H,18,21,22);1-3,6,8,12,20H,4-5,7,9H2,(H,18,21,22);1-3,8H,4-5H2,(H,15,17,18);2,5H,1,3-4H2;1-4H2;1-2H3;1H/b;;8-6-;;;;;/i;;;;;;1D;/hT. The van der Waals surface area contributed by atoms with Crippen LogP contribution in [0.5, 0.6) is 0 Å². The molecule has 0 spiro atoms. The summed E-state index contributed by atoms with van der Waals surface area (Å²) in [5, 5.41) is 34.1. The van der Waals surface area contributed by atoms with E-state index in [1.807, 2.05) is 0 Å². The molecule has 5 fully saturated rings. The summed E-state index contributed by atoms with van der Waals surface area (Å²) in [7, 11) is -3.53. The van der Waals surface area contributed by atoms with Crippen molar-refractivity contribution in [3.8, 4) is 0 Å². The van der Waals surface area contributed by atoms with Crippen molar-refractivity contribution in [2.75, 3.05) is 85.5 Å². The van der Waals surface area contributed by atoms with Crippen LogP contribution in [-0.4, -0.2) is 249 Å². The van der Waals surface area contributed by atoms with Gasteiger partial charge in [0.05, 0.1) is 116 Å². The fourth-order valence-corrected chi connectivity index (χ4v) is 13.4. The van der Waals surface area contributed by atoms with Crippen LogP contribution in [0, 0.1) is 0 Å². The number of benzene rings is 4. The van der Waals surface area contributed by atoms with Crippen molar-refractivity contribution in [1.29, 1.82) is 1.45 Å². The lowest BCUT2D eigenvalue weighted by Gasteiger charge is -2.27. The van der Waals surface area contributed by atoms with Crippen LogP contribution < -0.4 is 21.3 Å². The predicted octanol–water partition coefficient (Wildman–Crippen LogP) is 2.29. The van der Waals surface area contributed by atoms with Crippen molar-refractivity contribution in [2.45, 2.75) is 115 Å². The molecule has 5 saturated heterocycles. The van der Waals surface area contributed by atoms with Gasteiger partial charge in [-0.1, -0.05) is 62.9 Å². The van der Waals surface area contributed by atoms with Crippen LogP contribution in [-0.2, 0) is 89.2 Å². The number of carbonyl (C=O) groups excluding carboxylic acids is 16. The van der Waals surface area contributed by atoms with Crippen LogP contribution in [0.1, 0.15) is 179 Å². The van der Waals surface area contributed by atoms with Crippen molar-refractivity contribution in [1.82, 2.24) is 40.9 Å². The molecule has 608 valence electrons. The lowest BCUT2D eigenvalue weighted by atomic mass is 10.0. The van der Waals surface area contributed by atoms with Crippen LogP contribution in [0.15, 0.2) is 96.4 Å². The molecular weight excluding hydrogens is 1580 g/mol. The zero-order valence-corrected chi connectivity index (χ0v) is 63.8. The molecule has 13 rings (SSSR count). The molecule has 38 heteroatoms. The summed E-state index contributed by atoms with van der Waals surface area (Å²) in [5.74, 6) is -8.48. The van der Waals surface area contributed by atoms with Crippen LogP contribution in [0.3, 0.4) is 0 Å². The number of aliphatic hydroxyl groups excluding tert-OH is 3. The molecule has 4 aromatic carbocycles. The number of ether oxygens (including phenoxy) is 5. The zero-order chi connectivity index (χ0) is 84.6. The monoisotopic (exact) mass is 1660 g/mol. The summed E-state index contributed by atoms with van der Waals surface area (Å²) in [6.07, 6.45) is 9.20. The highest BCUT2D eigenvalue weighted by Crippen LogP contribution is 2.35.